The lowest BCUT2D eigenvalue weighted by Crippen LogP contribution is -3.16. The number of pyridine rings is 1. The summed E-state index contributed by atoms with van der Waals surface area (Å²) >= 11 is 0. The Labute approximate surface area is 163 Å². The number of nitrogens with zero attached hydrogens (tertiary/aromatic N) is 3. The smallest absolute Gasteiger partial charge is 0.339 e. The second-order valence-corrected chi connectivity index (χ2v) is 7.05. The Bertz CT molecular complexity index is 866. The molecule has 28 heavy (non-hydrogen) atoms. The molecule has 4 rings (SSSR count). The summed E-state index contributed by atoms with van der Waals surface area (Å²) in [4.78, 5) is 45.9. The van der Waals surface area contributed by atoms with Crippen molar-refractivity contribution in [3.8, 4) is 0 Å². The van der Waals surface area contributed by atoms with Gasteiger partial charge < -0.3 is 9.80 Å². The van der Waals surface area contributed by atoms with Gasteiger partial charge in [-0.3, -0.25) is 14.5 Å². The van der Waals surface area contributed by atoms with E-state index in [4.69, 9.17) is 0 Å². The highest BCUT2D eigenvalue weighted by Crippen LogP contribution is 2.15. The fourth-order valence-corrected chi connectivity index (χ4v) is 3.65. The molecular weight excluding hydrogens is 358 g/mol. The number of quaternary nitrogens is 1. The van der Waals surface area contributed by atoms with Crippen molar-refractivity contribution in [1.82, 2.24) is 9.80 Å². The first kappa shape index (κ1) is 18.1. The Morgan fingerprint density at radius 1 is 0.857 bits per heavy atom. The number of urea groups is 1. The molecule has 2 saturated heterocycles. The fourth-order valence-electron chi connectivity index (χ4n) is 3.65. The van der Waals surface area contributed by atoms with Gasteiger partial charge in [-0.2, -0.15) is 0 Å². The lowest BCUT2D eigenvalue weighted by molar-refractivity contribution is -0.907. The molecule has 8 nitrogen and oxygen atoms in total. The summed E-state index contributed by atoms with van der Waals surface area (Å²) in [5, 5.41) is 0. The number of imide groups is 2. The summed E-state index contributed by atoms with van der Waals surface area (Å²) in [6.45, 7) is 3.60. The maximum atomic E-state index is 12.7. The molecule has 2 aliphatic heterocycles. The maximum absolute atomic E-state index is 12.7. The number of nitrogens with one attached hydrogen (secondary N) is 2. The van der Waals surface area contributed by atoms with E-state index < -0.39 is 17.8 Å². The Morgan fingerprint density at radius 2 is 1.50 bits per heavy atom. The minimum absolute atomic E-state index is 0.120. The first-order valence-electron chi connectivity index (χ1n) is 9.39. The van der Waals surface area contributed by atoms with Crippen molar-refractivity contribution >= 4 is 23.5 Å². The standard InChI is InChI=1S/C20H21N5O3/c26-18-19(27)25(20(28)24(18)14-16-4-2-1-3-5-16)15-22-10-12-23(13-11-22)17-6-8-21-9-7-17/h1-9H,10-15H2/p+2. The monoisotopic (exact) mass is 381 g/mol. The van der Waals surface area contributed by atoms with Gasteiger partial charge in [-0.15, -0.1) is 0 Å². The number of H-pyrrole nitrogens is 1. The van der Waals surface area contributed by atoms with E-state index in [0.29, 0.717) is 0 Å². The SMILES string of the molecule is O=C1C(=O)N(C[NH+]2CCN(c3cc[nH+]cc3)CC2)C(=O)N1Cc1ccccc1. The van der Waals surface area contributed by atoms with Crippen LogP contribution in [0, 0.1) is 0 Å². The molecule has 144 valence electrons. The van der Waals surface area contributed by atoms with Crippen molar-refractivity contribution in [2.24, 2.45) is 0 Å². The summed E-state index contributed by atoms with van der Waals surface area (Å²) in [6.07, 6.45) is 3.78. The van der Waals surface area contributed by atoms with E-state index in [9.17, 15) is 14.4 Å². The van der Waals surface area contributed by atoms with Gasteiger partial charge in [0.1, 0.15) is 0 Å². The van der Waals surface area contributed by atoms with Gasteiger partial charge in [0.25, 0.3) is 0 Å². The van der Waals surface area contributed by atoms with Crippen LogP contribution >= 0.6 is 0 Å². The fraction of sp³-hybridized carbons (Fsp3) is 0.300. The molecule has 0 spiro atoms. The van der Waals surface area contributed by atoms with Crippen molar-refractivity contribution in [2.75, 3.05) is 37.7 Å². The molecule has 0 atom stereocenters. The van der Waals surface area contributed by atoms with Gasteiger partial charge in [-0.05, 0) is 5.56 Å². The van der Waals surface area contributed by atoms with Gasteiger partial charge in [0, 0.05) is 17.8 Å². The zero-order valence-electron chi connectivity index (χ0n) is 15.5. The number of carbonyl (C=O) groups is 3. The molecule has 1 aromatic carbocycles. The topological polar surface area (TPSA) is 79.5 Å². The molecule has 2 aliphatic rings. The van der Waals surface area contributed by atoms with Crippen LogP contribution in [0.1, 0.15) is 5.56 Å². The summed E-state index contributed by atoms with van der Waals surface area (Å²) in [5.74, 6) is -1.47. The number of aromatic amines is 1. The van der Waals surface area contributed by atoms with Crippen LogP contribution in [0.2, 0.25) is 0 Å². The molecule has 0 aliphatic carbocycles. The Hall–Kier alpha value is -3.26. The highest BCUT2D eigenvalue weighted by Gasteiger charge is 2.46. The van der Waals surface area contributed by atoms with Crippen LogP contribution in [0.3, 0.4) is 0 Å². The van der Waals surface area contributed by atoms with E-state index in [1.54, 1.807) is 0 Å². The van der Waals surface area contributed by atoms with Gasteiger partial charge in [0.05, 0.1) is 32.7 Å². The van der Waals surface area contributed by atoms with E-state index in [1.807, 2.05) is 54.9 Å². The third-order valence-electron chi connectivity index (χ3n) is 5.24. The third kappa shape index (κ3) is 3.59. The summed E-state index contributed by atoms with van der Waals surface area (Å²) < 4.78 is 0. The van der Waals surface area contributed by atoms with Gasteiger partial charge in [0.2, 0.25) is 0 Å². The average molecular weight is 381 g/mol. The Balaban J connectivity index is 1.37. The quantitative estimate of drug-likeness (QED) is 0.541. The van der Waals surface area contributed by atoms with E-state index >= 15 is 0 Å². The number of amides is 4. The first-order chi connectivity index (χ1) is 13.6. The number of benzene rings is 1. The van der Waals surface area contributed by atoms with Crippen LogP contribution in [0.4, 0.5) is 10.5 Å². The van der Waals surface area contributed by atoms with Gasteiger partial charge in [0.15, 0.2) is 19.1 Å². The number of carbonyl (C=O) groups excluding carboxylic acids is 3. The van der Waals surface area contributed by atoms with Crippen LogP contribution < -0.4 is 14.8 Å². The molecule has 1 aromatic heterocycles. The molecule has 2 fully saturated rings. The number of aromatic nitrogens is 1. The zero-order valence-corrected chi connectivity index (χ0v) is 15.5. The van der Waals surface area contributed by atoms with Crippen LogP contribution in [0.15, 0.2) is 54.9 Å². The predicted molar refractivity (Wildman–Crippen MR) is 100 cm³/mol. The van der Waals surface area contributed by atoms with Crippen LogP contribution in [0.5, 0.6) is 0 Å². The Morgan fingerprint density at radius 3 is 2.18 bits per heavy atom. The Kier molecular flexibility index (Phi) is 5.03. The molecular formula is C20H23N5O3+2. The number of anilines is 1. The number of piperazine rings is 1. The second-order valence-electron chi connectivity index (χ2n) is 7.05. The van der Waals surface area contributed by atoms with Crippen molar-refractivity contribution in [3.05, 3.63) is 60.4 Å². The normalized spacial score (nSPS) is 18.3. The van der Waals surface area contributed by atoms with Crippen molar-refractivity contribution in [2.45, 2.75) is 6.54 Å². The van der Waals surface area contributed by atoms with Gasteiger partial charge in [-0.25, -0.2) is 14.7 Å². The molecule has 0 saturated carbocycles. The molecule has 0 unspecified atom stereocenters. The predicted octanol–water partition coefficient (Wildman–Crippen LogP) is -0.846. The van der Waals surface area contributed by atoms with Crippen molar-refractivity contribution in [1.29, 1.82) is 0 Å². The molecule has 8 heteroatoms. The number of rotatable bonds is 5. The number of hydrogen-bond donors (Lipinski definition) is 1. The highest BCUT2D eigenvalue weighted by molar-refractivity contribution is 6.44. The molecule has 0 radical (unpaired) electrons. The molecule has 2 N–H and O–H groups in total. The van der Waals surface area contributed by atoms with E-state index in [1.165, 1.54) is 0 Å². The van der Waals surface area contributed by atoms with Crippen LogP contribution in [-0.2, 0) is 16.1 Å². The minimum atomic E-state index is -0.743. The van der Waals surface area contributed by atoms with Gasteiger partial charge in [-0.1, -0.05) is 30.3 Å². The van der Waals surface area contributed by atoms with E-state index in [2.05, 4.69) is 9.88 Å². The first-order valence-corrected chi connectivity index (χ1v) is 9.39. The molecule has 4 amide bonds. The lowest BCUT2D eigenvalue weighted by atomic mass is 10.2. The highest BCUT2D eigenvalue weighted by atomic mass is 16.2. The van der Waals surface area contributed by atoms with E-state index in [-0.39, 0.29) is 13.2 Å². The maximum Gasteiger partial charge on any atom is 0.339 e. The summed E-state index contributed by atoms with van der Waals surface area (Å²) in [5.41, 5.74) is 1.97. The van der Waals surface area contributed by atoms with E-state index in [0.717, 1.165) is 52.1 Å². The molecule has 2 aromatic rings. The van der Waals surface area contributed by atoms with Crippen LogP contribution in [-0.4, -0.2) is 60.5 Å². The largest absolute Gasteiger partial charge is 0.360 e. The summed E-state index contributed by atoms with van der Waals surface area (Å²) in [7, 11) is 0. The van der Waals surface area contributed by atoms with Crippen molar-refractivity contribution in [3.63, 3.8) is 0 Å². The van der Waals surface area contributed by atoms with Crippen molar-refractivity contribution < 1.29 is 24.3 Å². The average Bonchev–Trinajstić information content (AvgIpc) is 2.94. The summed E-state index contributed by atoms with van der Waals surface area (Å²) in [6, 6.07) is 12.7. The third-order valence-corrected chi connectivity index (χ3v) is 5.24. The second kappa shape index (κ2) is 7.77. The minimum Gasteiger partial charge on any atom is -0.360 e. The molecule has 3 heterocycles. The van der Waals surface area contributed by atoms with Crippen LogP contribution in [0.25, 0.3) is 0 Å². The lowest BCUT2D eigenvalue weighted by Gasteiger charge is -2.34. The van der Waals surface area contributed by atoms with Gasteiger partial charge >= 0.3 is 17.8 Å². The molecule has 0 bridgehead atoms. The number of hydrogen-bond acceptors (Lipinski definition) is 4. The zero-order chi connectivity index (χ0) is 19.5.